The molecule has 0 bridgehead atoms. The highest BCUT2D eigenvalue weighted by molar-refractivity contribution is 6.00. The van der Waals surface area contributed by atoms with Crippen LogP contribution in [0.1, 0.15) is 29.9 Å². The fourth-order valence-corrected chi connectivity index (χ4v) is 3.32. The molecule has 31 heavy (non-hydrogen) atoms. The van der Waals surface area contributed by atoms with E-state index in [9.17, 15) is 9.90 Å². The number of fused-ring (bicyclic) bond motifs is 1. The van der Waals surface area contributed by atoms with Gasteiger partial charge >= 0.3 is 5.97 Å². The summed E-state index contributed by atoms with van der Waals surface area (Å²) >= 11 is 0. The van der Waals surface area contributed by atoms with E-state index in [1.165, 1.54) is 12.4 Å². The number of aromatic carboxylic acids is 1. The molecule has 9 nitrogen and oxygen atoms in total. The molecule has 9 heteroatoms. The predicted molar refractivity (Wildman–Crippen MR) is 116 cm³/mol. The molecule has 0 unspecified atom stereocenters. The minimum absolute atomic E-state index is 0.0925. The van der Waals surface area contributed by atoms with E-state index < -0.39 is 5.97 Å². The van der Waals surface area contributed by atoms with Gasteiger partial charge in [0.2, 0.25) is 0 Å². The van der Waals surface area contributed by atoms with Crippen molar-refractivity contribution in [1.29, 1.82) is 0 Å². The van der Waals surface area contributed by atoms with Crippen molar-refractivity contribution in [3.8, 4) is 17.1 Å². The second-order valence-corrected chi connectivity index (χ2v) is 7.30. The van der Waals surface area contributed by atoms with Gasteiger partial charge in [-0.05, 0) is 43.7 Å². The molecule has 0 aliphatic carbocycles. The molecule has 0 atom stereocenters. The highest BCUT2D eigenvalue weighted by Crippen LogP contribution is 2.32. The molecule has 0 aliphatic rings. The minimum atomic E-state index is -1.12. The third-order valence-corrected chi connectivity index (χ3v) is 4.71. The van der Waals surface area contributed by atoms with Crippen molar-refractivity contribution in [2.75, 3.05) is 12.4 Å². The summed E-state index contributed by atoms with van der Waals surface area (Å²) in [6, 6.07) is 11.2. The van der Waals surface area contributed by atoms with Gasteiger partial charge in [0, 0.05) is 12.2 Å². The summed E-state index contributed by atoms with van der Waals surface area (Å²) in [7, 11) is 1.63. The number of carbonyl (C=O) groups is 1. The zero-order valence-electron chi connectivity index (χ0n) is 17.4. The highest BCUT2D eigenvalue weighted by Gasteiger charge is 2.20. The van der Waals surface area contributed by atoms with Crippen LogP contribution in [0.15, 0.2) is 48.9 Å². The molecule has 2 N–H and O–H groups in total. The molecule has 0 amide bonds. The van der Waals surface area contributed by atoms with E-state index >= 15 is 0 Å². The van der Waals surface area contributed by atoms with Gasteiger partial charge in [-0.15, -0.1) is 0 Å². The monoisotopic (exact) mass is 418 g/mol. The van der Waals surface area contributed by atoms with Gasteiger partial charge in [0.15, 0.2) is 5.69 Å². The van der Waals surface area contributed by atoms with Crippen molar-refractivity contribution < 1.29 is 14.6 Å². The van der Waals surface area contributed by atoms with Crippen LogP contribution in [0.4, 0.5) is 5.82 Å². The Hall–Kier alpha value is -4.01. The van der Waals surface area contributed by atoms with Gasteiger partial charge in [0.1, 0.15) is 23.6 Å². The number of ether oxygens (including phenoxy) is 1. The normalized spacial score (nSPS) is 11.1. The first-order chi connectivity index (χ1) is 15.0. The average molecular weight is 418 g/mol. The van der Waals surface area contributed by atoms with E-state index in [4.69, 9.17) is 9.84 Å². The maximum absolute atomic E-state index is 11.4. The Bertz CT molecular complexity index is 1230. The standard InChI is InChI=1S/C22H22N6O3/c1-13(2)26-21-19-18(8-9-23-21)28(11-14-4-6-15(31-3)7-5-14)27-20(19)16-10-17(22(29)30)25-12-24-16/h4-10,12-13H,11H2,1-3H3,(H,23,26)(H,29,30). The number of benzene rings is 1. The number of methoxy groups -OCH3 is 1. The third-order valence-electron chi connectivity index (χ3n) is 4.71. The van der Waals surface area contributed by atoms with Crippen LogP contribution in [-0.4, -0.2) is 49.0 Å². The summed E-state index contributed by atoms with van der Waals surface area (Å²) in [6.45, 7) is 4.56. The van der Waals surface area contributed by atoms with Gasteiger partial charge in [0.05, 0.1) is 30.3 Å². The van der Waals surface area contributed by atoms with Crippen LogP contribution in [0, 0.1) is 0 Å². The first-order valence-electron chi connectivity index (χ1n) is 9.77. The van der Waals surface area contributed by atoms with Gasteiger partial charge in [-0.1, -0.05) is 12.1 Å². The molecule has 0 fully saturated rings. The zero-order valence-corrected chi connectivity index (χ0v) is 17.4. The van der Waals surface area contributed by atoms with E-state index in [2.05, 4.69) is 20.3 Å². The molecule has 0 saturated carbocycles. The number of carboxylic acid groups (broad SMARTS) is 1. The molecule has 0 aliphatic heterocycles. The van der Waals surface area contributed by atoms with Crippen molar-refractivity contribution >= 4 is 22.7 Å². The Balaban J connectivity index is 1.87. The lowest BCUT2D eigenvalue weighted by Gasteiger charge is -2.11. The lowest BCUT2D eigenvalue weighted by atomic mass is 10.1. The number of anilines is 1. The van der Waals surface area contributed by atoms with Crippen LogP contribution in [-0.2, 0) is 6.54 Å². The Labute approximate surface area is 178 Å². The number of nitrogens with one attached hydrogen (secondary N) is 1. The van der Waals surface area contributed by atoms with Crippen LogP contribution in [0.25, 0.3) is 22.3 Å². The van der Waals surface area contributed by atoms with Crippen molar-refractivity contribution in [2.45, 2.75) is 26.4 Å². The number of hydrogen-bond donors (Lipinski definition) is 2. The van der Waals surface area contributed by atoms with Gasteiger partial charge < -0.3 is 15.2 Å². The second kappa shape index (κ2) is 8.39. The number of hydrogen-bond acceptors (Lipinski definition) is 7. The molecular weight excluding hydrogens is 396 g/mol. The highest BCUT2D eigenvalue weighted by atomic mass is 16.5. The smallest absolute Gasteiger partial charge is 0.354 e. The third kappa shape index (κ3) is 4.16. The van der Waals surface area contributed by atoms with Crippen molar-refractivity contribution in [3.63, 3.8) is 0 Å². The topological polar surface area (TPSA) is 115 Å². The fourth-order valence-electron chi connectivity index (χ4n) is 3.32. The van der Waals surface area contributed by atoms with E-state index in [0.717, 1.165) is 22.2 Å². The summed E-state index contributed by atoms with van der Waals surface area (Å²) in [5, 5.41) is 18.2. The average Bonchev–Trinajstić information content (AvgIpc) is 3.13. The summed E-state index contributed by atoms with van der Waals surface area (Å²) in [5.41, 5.74) is 2.78. The SMILES string of the molecule is COc1ccc(Cn2nc(-c3cc(C(=O)O)ncn3)c3c(NC(C)C)nccc32)cc1. The molecule has 3 heterocycles. The number of aromatic nitrogens is 5. The molecule has 0 radical (unpaired) electrons. The molecule has 1 aromatic carbocycles. The van der Waals surface area contributed by atoms with Crippen LogP contribution >= 0.6 is 0 Å². The summed E-state index contributed by atoms with van der Waals surface area (Å²) in [5.74, 6) is 0.327. The van der Waals surface area contributed by atoms with Crippen LogP contribution in [0.2, 0.25) is 0 Å². The molecule has 4 rings (SSSR count). The summed E-state index contributed by atoms with van der Waals surface area (Å²) in [6.07, 6.45) is 2.96. The molecular formula is C22H22N6O3. The Morgan fingerprint density at radius 3 is 2.61 bits per heavy atom. The van der Waals surface area contributed by atoms with E-state index in [1.54, 1.807) is 13.3 Å². The van der Waals surface area contributed by atoms with Gasteiger partial charge in [-0.25, -0.2) is 19.7 Å². The summed E-state index contributed by atoms with van der Waals surface area (Å²) in [4.78, 5) is 24.0. The number of carboxylic acids is 1. The van der Waals surface area contributed by atoms with Crippen molar-refractivity contribution in [1.82, 2.24) is 24.7 Å². The van der Waals surface area contributed by atoms with Gasteiger partial charge in [-0.2, -0.15) is 5.10 Å². The molecule has 0 saturated heterocycles. The second-order valence-electron chi connectivity index (χ2n) is 7.30. The van der Waals surface area contributed by atoms with E-state index in [-0.39, 0.29) is 11.7 Å². The van der Waals surface area contributed by atoms with Crippen LogP contribution in [0.3, 0.4) is 0 Å². The van der Waals surface area contributed by atoms with Gasteiger partial charge in [0.25, 0.3) is 0 Å². The fraction of sp³-hybridized carbons (Fsp3) is 0.227. The van der Waals surface area contributed by atoms with Crippen LogP contribution < -0.4 is 10.1 Å². The zero-order chi connectivity index (χ0) is 22.0. The van der Waals surface area contributed by atoms with E-state index in [0.29, 0.717) is 23.8 Å². The van der Waals surface area contributed by atoms with Crippen molar-refractivity contribution in [3.05, 3.63) is 60.2 Å². The molecule has 158 valence electrons. The lowest BCUT2D eigenvalue weighted by molar-refractivity contribution is 0.0690. The number of pyridine rings is 1. The predicted octanol–water partition coefficient (Wildman–Crippen LogP) is 3.46. The first kappa shape index (κ1) is 20.3. The van der Waals surface area contributed by atoms with Crippen LogP contribution in [0.5, 0.6) is 5.75 Å². The molecule has 4 aromatic rings. The molecule has 3 aromatic heterocycles. The molecule has 0 spiro atoms. The largest absolute Gasteiger partial charge is 0.497 e. The Morgan fingerprint density at radius 2 is 1.94 bits per heavy atom. The maximum Gasteiger partial charge on any atom is 0.354 e. The quantitative estimate of drug-likeness (QED) is 0.469. The van der Waals surface area contributed by atoms with Crippen molar-refractivity contribution in [2.24, 2.45) is 0 Å². The first-order valence-corrected chi connectivity index (χ1v) is 9.77. The number of nitrogens with zero attached hydrogens (tertiary/aromatic N) is 5. The minimum Gasteiger partial charge on any atom is -0.497 e. The Kier molecular flexibility index (Phi) is 5.48. The lowest BCUT2D eigenvalue weighted by Crippen LogP contribution is -2.11. The van der Waals surface area contributed by atoms with E-state index in [1.807, 2.05) is 48.9 Å². The summed E-state index contributed by atoms with van der Waals surface area (Å²) < 4.78 is 7.10. The maximum atomic E-state index is 11.4. The number of rotatable bonds is 7. The Morgan fingerprint density at radius 1 is 1.16 bits per heavy atom. The van der Waals surface area contributed by atoms with Gasteiger partial charge in [-0.3, -0.25) is 4.68 Å².